The Morgan fingerprint density at radius 1 is 1.12 bits per heavy atom. The number of fused-ring (bicyclic) bond motifs is 1. The molecule has 2 aliphatic heterocycles. The number of aromatic nitrogens is 2. The number of benzene rings is 1. The van der Waals surface area contributed by atoms with Gasteiger partial charge in [-0.05, 0) is 38.7 Å². The van der Waals surface area contributed by atoms with Crippen LogP contribution in [0.1, 0.15) is 54.2 Å². The van der Waals surface area contributed by atoms with Crippen molar-refractivity contribution < 1.29 is 14.3 Å². The number of anilines is 1. The number of nitrogens with zero attached hydrogens (tertiary/aromatic N) is 4. The number of para-hydroxylation sites is 1. The summed E-state index contributed by atoms with van der Waals surface area (Å²) in [5.41, 5.74) is 3.53. The van der Waals surface area contributed by atoms with Crippen LogP contribution in [0.25, 0.3) is 0 Å². The van der Waals surface area contributed by atoms with Crippen molar-refractivity contribution in [2.45, 2.75) is 51.5 Å². The first-order chi connectivity index (χ1) is 15.6. The standard InChI is InChI=1S/C25H34N4O3/c1-18-21-8-6-13-29(17-20-7-4-5-9-22(20)32-3)25(21)27-24(26-18)19-10-14-28(15-11-19)23(30)12-16-31-2/h4-5,7,9,19H,6,8,10-17H2,1-3H3. The van der Waals surface area contributed by atoms with Crippen LogP contribution in [-0.2, 0) is 22.5 Å². The van der Waals surface area contributed by atoms with Gasteiger partial charge in [-0.25, -0.2) is 9.97 Å². The summed E-state index contributed by atoms with van der Waals surface area (Å²) in [6.45, 7) is 5.87. The zero-order chi connectivity index (χ0) is 22.5. The van der Waals surface area contributed by atoms with Gasteiger partial charge >= 0.3 is 0 Å². The summed E-state index contributed by atoms with van der Waals surface area (Å²) in [7, 11) is 3.35. The van der Waals surface area contributed by atoms with Crippen molar-refractivity contribution in [2.24, 2.45) is 0 Å². The predicted molar refractivity (Wildman–Crippen MR) is 124 cm³/mol. The molecule has 3 heterocycles. The van der Waals surface area contributed by atoms with E-state index in [0.717, 1.165) is 74.9 Å². The van der Waals surface area contributed by atoms with Gasteiger partial charge in [0.15, 0.2) is 0 Å². The Hall–Kier alpha value is -2.67. The van der Waals surface area contributed by atoms with E-state index in [0.29, 0.717) is 18.9 Å². The number of methoxy groups -OCH3 is 2. The summed E-state index contributed by atoms with van der Waals surface area (Å²) in [5, 5.41) is 0. The maximum Gasteiger partial charge on any atom is 0.224 e. The fourth-order valence-electron chi connectivity index (χ4n) is 4.82. The van der Waals surface area contributed by atoms with Crippen LogP contribution >= 0.6 is 0 Å². The van der Waals surface area contributed by atoms with Crippen LogP contribution in [0, 0.1) is 6.92 Å². The van der Waals surface area contributed by atoms with Crippen LogP contribution in [0.3, 0.4) is 0 Å². The molecule has 0 saturated carbocycles. The highest BCUT2D eigenvalue weighted by atomic mass is 16.5. The van der Waals surface area contributed by atoms with Gasteiger partial charge < -0.3 is 19.3 Å². The molecule has 1 aromatic heterocycles. The second-order valence-corrected chi connectivity index (χ2v) is 8.70. The number of likely N-dealkylation sites (tertiary alicyclic amines) is 1. The van der Waals surface area contributed by atoms with Crippen LogP contribution in [0.4, 0.5) is 5.82 Å². The number of rotatable bonds is 7. The number of hydrogen-bond acceptors (Lipinski definition) is 6. The Labute approximate surface area is 190 Å². The molecular formula is C25H34N4O3. The van der Waals surface area contributed by atoms with E-state index in [-0.39, 0.29) is 5.91 Å². The normalized spacial score (nSPS) is 16.7. The van der Waals surface area contributed by atoms with Crippen LogP contribution < -0.4 is 9.64 Å². The highest BCUT2D eigenvalue weighted by molar-refractivity contribution is 5.76. The first-order valence-electron chi connectivity index (χ1n) is 11.6. The number of aryl methyl sites for hydroxylation is 1. The van der Waals surface area contributed by atoms with E-state index in [2.05, 4.69) is 24.0 Å². The van der Waals surface area contributed by atoms with Gasteiger partial charge in [0.1, 0.15) is 17.4 Å². The third-order valence-electron chi connectivity index (χ3n) is 6.65. The van der Waals surface area contributed by atoms with E-state index < -0.39 is 0 Å². The molecule has 0 unspecified atom stereocenters. The van der Waals surface area contributed by atoms with Crippen molar-refractivity contribution in [3.63, 3.8) is 0 Å². The summed E-state index contributed by atoms with van der Waals surface area (Å²) < 4.78 is 10.6. The molecule has 0 aliphatic carbocycles. The smallest absolute Gasteiger partial charge is 0.224 e. The van der Waals surface area contributed by atoms with Crippen molar-refractivity contribution in [1.29, 1.82) is 0 Å². The number of carbonyl (C=O) groups excluding carboxylic acids is 1. The second-order valence-electron chi connectivity index (χ2n) is 8.70. The maximum absolute atomic E-state index is 12.3. The fourth-order valence-corrected chi connectivity index (χ4v) is 4.82. The lowest BCUT2D eigenvalue weighted by Gasteiger charge is -2.34. The van der Waals surface area contributed by atoms with Gasteiger partial charge in [0, 0.05) is 56.0 Å². The van der Waals surface area contributed by atoms with E-state index >= 15 is 0 Å². The van der Waals surface area contributed by atoms with Gasteiger partial charge in [0.05, 0.1) is 20.1 Å². The van der Waals surface area contributed by atoms with Crippen LogP contribution in [-0.4, -0.2) is 61.2 Å². The van der Waals surface area contributed by atoms with E-state index in [9.17, 15) is 4.79 Å². The van der Waals surface area contributed by atoms with Gasteiger partial charge in [0.25, 0.3) is 0 Å². The Morgan fingerprint density at radius 2 is 1.91 bits per heavy atom. The number of ether oxygens (including phenoxy) is 2. The van der Waals surface area contributed by atoms with Crippen molar-refractivity contribution in [1.82, 2.24) is 14.9 Å². The molecule has 0 spiro atoms. The first kappa shape index (κ1) is 22.5. The topological polar surface area (TPSA) is 67.8 Å². The average Bonchev–Trinajstić information content (AvgIpc) is 2.83. The average molecular weight is 439 g/mol. The molecule has 0 N–H and O–H groups in total. The largest absolute Gasteiger partial charge is 0.496 e. The van der Waals surface area contributed by atoms with Gasteiger partial charge in [0.2, 0.25) is 5.91 Å². The lowest BCUT2D eigenvalue weighted by atomic mass is 9.94. The maximum atomic E-state index is 12.3. The highest BCUT2D eigenvalue weighted by Gasteiger charge is 2.28. The molecule has 2 aliphatic rings. The molecular weight excluding hydrogens is 404 g/mol. The molecule has 0 radical (unpaired) electrons. The Kier molecular flexibility index (Phi) is 7.25. The number of amides is 1. The molecule has 0 bridgehead atoms. The predicted octanol–water partition coefficient (Wildman–Crippen LogP) is 3.49. The minimum Gasteiger partial charge on any atom is -0.496 e. The van der Waals surface area contributed by atoms with Gasteiger partial charge in [-0.2, -0.15) is 0 Å². The molecule has 1 fully saturated rings. The van der Waals surface area contributed by atoms with Gasteiger partial charge in [-0.3, -0.25) is 4.79 Å². The Morgan fingerprint density at radius 3 is 2.66 bits per heavy atom. The van der Waals surface area contributed by atoms with Crippen molar-refractivity contribution in [3.05, 3.63) is 46.9 Å². The summed E-state index contributed by atoms with van der Waals surface area (Å²) >= 11 is 0. The van der Waals surface area contributed by atoms with Crippen LogP contribution in [0.15, 0.2) is 24.3 Å². The minimum atomic E-state index is 0.177. The van der Waals surface area contributed by atoms with E-state index in [1.54, 1.807) is 14.2 Å². The summed E-state index contributed by atoms with van der Waals surface area (Å²) in [6.07, 6.45) is 4.39. The molecule has 172 valence electrons. The zero-order valence-corrected chi connectivity index (χ0v) is 19.5. The molecule has 2 aromatic rings. The lowest BCUT2D eigenvalue weighted by molar-refractivity contribution is -0.133. The summed E-state index contributed by atoms with van der Waals surface area (Å²) in [6, 6.07) is 8.20. The monoisotopic (exact) mass is 438 g/mol. The van der Waals surface area contributed by atoms with Crippen molar-refractivity contribution >= 4 is 11.7 Å². The number of piperidine rings is 1. The minimum absolute atomic E-state index is 0.177. The summed E-state index contributed by atoms with van der Waals surface area (Å²) in [4.78, 5) is 26.7. The molecule has 7 nitrogen and oxygen atoms in total. The molecule has 1 saturated heterocycles. The fraction of sp³-hybridized carbons (Fsp3) is 0.560. The number of hydrogen-bond donors (Lipinski definition) is 0. The van der Waals surface area contributed by atoms with E-state index in [1.165, 1.54) is 11.1 Å². The molecule has 32 heavy (non-hydrogen) atoms. The van der Waals surface area contributed by atoms with Crippen molar-refractivity contribution in [3.8, 4) is 5.75 Å². The van der Waals surface area contributed by atoms with Crippen molar-refractivity contribution in [2.75, 3.05) is 45.4 Å². The third-order valence-corrected chi connectivity index (χ3v) is 6.65. The highest BCUT2D eigenvalue weighted by Crippen LogP contribution is 2.33. The molecule has 0 atom stereocenters. The van der Waals surface area contributed by atoms with Crippen LogP contribution in [0.5, 0.6) is 5.75 Å². The SMILES string of the molecule is COCCC(=O)N1CCC(c2nc(C)c3c(n2)N(Cc2ccccc2OC)CCC3)CC1. The zero-order valence-electron chi connectivity index (χ0n) is 19.5. The van der Waals surface area contributed by atoms with Gasteiger partial charge in [-0.1, -0.05) is 18.2 Å². The third kappa shape index (κ3) is 4.88. The molecule has 4 rings (SSSR count). The van der Waals surface area contributed by atoms with Crippen LogP contribution in [0.2, 0.25) is 0 Å². The van der Waals surface area contributed by atoms with E-state index in [1.807, 2.05) is 17.0 Å². The molecule has 1 aromatic carbocycles. The lowest BCUT2D eigenvalue weighted by Crippen LogP contribution is -2.39. The quantitative estimate of drug-likeness (QED) is 0.659. The van der Waals surface area contributed by atoms with E-state index in [4.69, 9.17) is 19.4 Å². The number of carbonyl (C=O) groups is 1. The molecule has 1 amide bonds. The Balaban J connectivity index is 1.51. The summed E-state index contributed by atoms with van der Waals surface area (Å²) in [5.74, 6) is 3.38. The second kappa shape index (κ2) is 10.3. The van der Waals surface area contributed by atoms with Gasteiger partial charge in [-0.15, -0.1) is 0 Å². The Bertz CT molecular complexity index is 941. The first-order valence-corrected chi connectivity index (χ1v) is 11.6. The molecule has 7 heteroatoms.